The number of ether oxygens (including phenoxy) is 1. The highest BCUT2D eigenvalue weighted by molar-refractivity contribution is 7.92. The van der Waals surface area contributed by atoms with E-state index in [9.17, 15) is 13.2 Å². The van der Waals surface area contributed by atoms with Gasteiger partial charge in [-0.05, 0) is 49.4 Å². The average Bonchev–Trinajstić information content (AvgIpc) is 2.81. The van der Waals surface area contributed by atoms with Crippen LogP contribution in [0.4, 0.5) is 5.69 Å². The molecule has 0 saturated carbocycles. The van der Waals surface area contributed by atoms with Crippen LogP contribution in [0.15, 0.2) is 48.5 Å². The van der Waals surface area contributed by atoms with Crippen molar-refractivity contribution in [3.05, 3.63) is 59.7 Å². The Morgan fingerprint density at radius 2 is 1.76 bits per heavy atom. The van der Waals surface area contributed by atoms with E-state index in [1.807, 2.05) is 48.5 Å². The Bertz CT molecular complexity index is 1050. The summed E-state index contributed by atoms with van der Waals surface area (Å²) in [6, 6.07) is 15.3. The van der Waals surface area contributed by atoms with Crippen molar-refractivity contribution in [1.29, 1.82) is 0 Å². The molecule has 1 amide bonds. The van der Waals surface area contributed by atoms with Crippen LogP contribution in [0.1, 0.15) is 70.0 Å². The minimum atomic E-state index is -3.44. The Morgan fingerprint density at radius 3 is 2.36 bits per heavy atom. The second kappa shape index (κ2) is 10.6. The van der Waals surface area contributed by atoms with Gasteiger partial charge in [-0.2, -0.15) is 0 Å². The normalized spacial score (nSPS) is 17.0. The van der Waals surface area contributed by atoms with Gasteiger partial charge in [-0.15, -0.1) is 0 Å². The fraction of sp³-hybridized carbons (Fsp3) is 0.500. The molecule has 1 aliphatic rings. The molecule has 0 bridgehead atoms. The van der Waals surface area contributed by atoms with Crippen molar-refractivity contribution in [3.8, 4) is 5.75 Å². The summed E-state index contributed by atoms with van der Waals surface area (Å²) in [6.45, 7) is 6.55. The molecule has 0 spiro atoms. The van der Waals surface area contributed by atoms with E-state index < -0.39 is 10.0 Å². The summed E-state index contributed by atoms with van der Waals surface area (Å²) in [4.78, 5) is 12.8. The zero-order valence-electron chi connectivity index (χ0n) is 20.1. The summed E-state index contributed by atoms with van der Waals surface area (Å²) in [5, 5.41) is 3.18. The second-order valence-electron chi connectivity index (χ2n) is 8.81. The van der Waals surface area contributed by atoms with Gasteiger partial charge in [-0.3, -0.25) is 9.10 Å². The van der Waals surface area contributed by atoms with Crippen LogP contribution in [0.25, 0.3) is 0 Å². The number of sulfonamides is 1. The minimum Gasteiger partial charge on any atom is -0.487 e. The van der Waals surface area contributed by atoms with Crippen LogP contribution in [0.3, 0.4) is 0 Å². The summed E-state index contributed by atoms with van der Waals surface area (Å²) >= 11 is 0. The summed E-state index contributed by atoms with van der Waals surface area (Å²) in [5.74, 6) is 0.754. The minimum absolute atomic E-state index is 0.0763. The number of nitrogens with zero attached hydrogens (tertiary/aromatic N) is 1. The highest BCUT2D eigenvalue weighted by atomic mass is 32.2. The van der Waals surface area contributed by atoms with E-state index >= 15 is 0 Å². The first-order valence-electron chi connectivity index (χ1n) is 11.8. The summed E-state index contributed by atoms with van der Waals surface area (Å²) < 4.78 is 32.4. The van der Waals surface area contributed by atoms with Crippen molar-refractivity contribution in [1.82, 2.24) is 5.32 Å². The number of hydrogen-bond acceptors (Lipinski definition) is 4. The first kappa shape index (κ1) is 25.1. The van der Waals surface area contributed by atoms with Crippen LogP contribution in [-0.4, -0.2) is 32.7 Å². The predicted molar refractivity (Wildman–Crippen MR) is 133 cm³/mol. The SMILES string of the molecule is CCc1ccc(N(CCCC(=O)N[C@H]2CC(CC)(CC)Oc3ccccc32)S(C)(=O)=O)cc1. The van der Waals surface area contributed by atoms with E-state index in [4.69, 9.17) is 4.74 Å². The number of fused-ring (bicyclic) bond motifs is 1. The largest absolute Gasteiger partial charge is 0.487 e. The topological polar surface area (TPSA) is 75.7 Å². The summed E-state index contributed by atoms with van der Waals surface area (Å²) in [5.41, 5.74) is 2.49. The number of rotatable bonds is 10. The van der Waals surface area contributed by atoms with Gasteiger partial charge in [-0.1, -0.05) is 51.1 Å². The van der Waals surface area contributed by atoms with Crippen molar-refractivity contribution < 1.29 is 17.9 Å². The second-order valence-corrected chi connectivity index (χ2v) is 10.7. The third-order valence-electron chi connectivity index (χ3n) is 6.62. The third kappa shape index (κ3) is 6.08. The zero-order chi connectivity index (χ0) is 24.1. The Balaban J connectivity index is 1.65. The molecule has 7 heteroatoms. The zero-order valence-corrected chi connectivity index (χ0v) is 21.0. The molecule has 0 fully saturated rings. The fourth-order valence-corrected chi connectivity index (χ4v) is 5.43. The molecule has 0 aromatic heterocycles. The van der Waals surface area contributed by atoms with Gasteiger partial charge < -0.3 is 10.1 Å². The smallest absolute Gasteiger partial charge is 0.232 e. The number of carbonyl (C=O) groups excluding carboxylic acids is 1. The molecule has 1 N–H and O–H groups in total. The van der Waals surface area contributed by atoms with Gasteiger partial charge in [0.25, 0.3) is 0 Å². The Labute approximate surface area is 198 Å². The molecule has 0 aliphatic carbocycles. The Morgan fingerprint density at radius 1 is 1.09 bits per heavy atom. The highest BCUT2D eigenvalue weighted by Gasteiger charge is 2.38. The van der Waals surface area contributed by atoms with Gasteiger partial charge in [-0.25, -0.2) is 8.42 Å². The third-order valence-corrected chi connectivity index (χ3v) is 7.81. The van der Waals surface area contributed by atoms with Crippen LogP contribution in [0.5, 0.6) is 5.75 Å². The van der Waals surface area contributed by atoms with Crippen molar-refractivity contribution in [2.24, 2.45) is 0 Å². The van der Waals surface area contributed by atoms with Gasteiger partial charge in [0.05, 0.1) is 18.0 Å². The lowest BCUT2D eigenvalue weighted by molar-refractivity contribution is -0.122. The molecule has 1 aliphatic heterocycles. The van der Waals surface area contributed by atoms with Crippen molar-refractivity contribution in [2.75, 3.05) is 17.1 Å². The number of benzene rings is 2. The number of para-hydroxylation sites is 1. The van der Waals surface area contributed by atoms with Crippen molar-refractivity contribution >= 4 is 21.6 Å². The summed E-state index contributed by atoms with van der Waals surface area (Å²) in [6.07, 6.45) is 5.24. The van der Waals surface area contributed by atoms with Crippen LogP contribution >= 0.6 is 0 Å². The van der Waals surface area contributed by atoms with E-state index in [2.05, 4.69) is 26.1 Å². The lowest BCUT2D eigenvalue weighted by atomic mass is 9.83. The first-order valence-corrected chi connectivity index (χ1v) is 13.7. The van der Waals surface area contributed by atoms with Crippen molar-refractivity contribution in [2.45, 2.75) is 70.9 Å². The van der Waals surface area contributed by atoms with E-state index in [0.717, 1.165) is 42.6 Å². The maximum absolute atomic E-state index is 12.8. The summed E-state index contributed by atoms with van der Waals surface area (Å²) in [7, 11) is -3.44. The van der Waals surface area contributed by atoms with Crippen LogP contribution < -0.4 is 14.4 Å². The van der Waals surface area contributed by atoms with Crippen LogP contribution in [0.2, 0.25) is 0 Å². The van der Waals surface area contributed by atoms with Crippen LogP contribution in [-0.2, 0) is 21.2 Å². The molecule has 33 heavy (non-hydrogen) atoms. The number of aryl methyl sites for hydroxylation is 1. The lowest BCUT2D eigenvalue weighted by Gasteiger charge is -2.41. The number of hydrogen-bond donors (Lipinski definition) is 1. The Kier molecular flexibility index (Phi) is 8.05. The maximum Gasteiger partial charge on any atom is 0.232 e. The standard InChI is InChI=1S/C26H36N2O4S/c1-5-20-14-16-21(17-15-20)28(33(4,30)31)18-10-13-25(29)27-23-19-26(6-2,7-3)32-24-12-9-8-11-22(23)24/h8-9,11-12,14-17,23H,5-7,10,13,18-19H2,1-4H3,(H,27,29)/t23-/m0/s1. The van der Waals surface area contributed by atoms with E-state index in [1.54, 1.807) is 0 Å². The molecule has 3 rings (SSSR count). The molecule has 1 atom stereocenters. The van der Waals surface area contributed by atoms with E-state index in [1.165, 1.54) is 10.6 Å². The van der Waals surface area contributed by atoms with Crippen molar-refractivity contribution in [3.63, 3.8) is 0 Å². The molecule has 6 nitrogen and oxygen atoms in total. The highest BCUT2D eigenvalue weighted by Crippen LogP contribution is 2.42. The predicted octanol–water partition coefficient (Wildman–Crippen LogP) is 4.99. The maximum atomic E-state index is 12.8. The van der Waals surface area contributed by atoms with E-state index in [-0.39, 0.29) is 30.5 Å². The number of amides is 1. The monoisotopic (exact) mass is 472 g/mol. The molecule has 0 unspecified atom stereocenters. The quantitative estimate of drug-likeness (QED) is 0.528. The molecule has 0 saturated heterocycles. The number of anilines is 1. The average molecular weight is 473 g/mol. The van der Waals surface area contributed by atoms with Gasteiger partial charge in [0.15, 0.2) is 0 Å². The molecule has 2 aromatic carbocycles. The number of carbonyl (C=O) groups is 1. The molecule has 0 radical (unpaired) electrons. The molecular weight excluding hydrogens is 436 g/mol. The van der Waals surface area contributed by atoms with Gasteiger partial charge in [0.2, 0.25) is 15.9 Å². The van der Waals surface area contributed by atoms with E-state index in [0.29, 0.717) is 12.1 Å². The van der Waals surface area contributed by atoms with Gasteiger partial charge in [0.1, 0.15) is 11.4 Å². The van der Waals surface area contributed by atoms with Gasteiger partial charge >= 0.3 is 0 Å². The molecule has 2 aromatic rings. The Hall–Kier alpha value is -2.54. The first-order chi connectivity index (χ1) is 15.7. The lowest BCUT2D eigenvalue weighted by Crippen LogP contribution is -2.44. The molecular formula is C26H36N2O4S. The van der Waals surface area contributed by atoms with Crippen LogP contribution in [0, 0.1) is 0 Å². The fourth-order valence-electron chi connectivity index (χ4n) is 4.46. The molecule has 1 heterocycles. The number of nitrogens with one attached hydrogen (secondary N) is 1. The molecule has 180 valence electrons. The van der Waals surface area contributed by atoms with Gasteiger partial charge in [0, 0.05) is 24.9 Å².